The molecule has 1 fully saturated rings. The number of nitrogens with one attached hydrogen (secondary N) is 2. The van der Waals surface area contributed by atoms with Gasteiger partial charge in [0, 0.05) is 54.9 Å². The number of carbonyl (C=O) groups is 1. The van der Waals surface area contributed by atoms with E-state index in [1.165, 1.54) is 6.07 Å². The zero-order chi connectivity index (χ0) is 21.2. The van der Waals surface area contributed by atoms with Crippen LogP contribution >= 0.6 is 0 Å². The lowest BCUT2D eigenvalue weighted by molar-refractivity contribution is 0.0946. The van der Waals surface area contributed by atoms with Gasteiger partial charge in [-0.2, -0.15) is 0 Å². The van der Waals surface area contributed by atoms with E-state index in [1.807, 2.05) is 30.4 Å². The van der Waals surface area contributed by atoms with Gasteiger partial charge in [0.15, 0.2) is 0 Å². The average molecular weight is 418 g/mol. The van der Waals surface area contributed by atoms with Gasteiger partial charge in [0.05, 0.1) is 24.5 Å². The van der Waals surface area contributed by atoms with Crippen LogP contribution in [0.25, 0.3) is 23.4 Å². The van der Waals surface area contributed by atoms with E-state index in [0.29, 0.717) is 25.3 Å². The number of anilines is 1. The molecule has 6 nitrogen and oxygen atoms in total. The number of hydrogen-bond acceptors (Lipinski definition) is 4. The van der Waals surface area contributed by atoms with Crippen LogP contribution in [-0.2, 0) is 11.2 Å². The SMILES string of the molecule is O=C1NCCc2[nH]c(-c3ccnc(C=Cc4ccc(F)cc4N4CCOCC4)c3)cc21. The molecule has 3 aromatic rings. The second-order valence-corrected chi connectivity index (χ2v) is 7.69. The summed E-state index contributed by atoms with van der Waals surface area (Å²) < 4.78 is 19.3. The van der Waals surface area contributed by atoms with Crippen molar-refractivity contribution < 1.29 is 13.9 Å². The lowest BCUT2D eigenvalue weighted by Crippen LogP contribution is -2.36. The summed E-state index contributed by atoms with van der Waals surface area (Å²) in [5.74, 6) is -0.289. The van der Waals surface area contributed by atoms with Gasteiger partial charge in [-0.05, 0) is 48.0 Å². The number of rotatable bonds is 4. The third-order valence-electron chi connectivity index (χ3n) is 5.67. The van der Waals surface area contributed by atoms with Crippen LogP contribution in [0.4, 0.5) is 10.1 Å². The van der Waals surface area contributed by atoms with Gasteiger partial charge in [-0.1, -0.05) is 6.08 Å². The molecule has 0 radical (unpaired) electrons. The highest BCUT2D eigenvalue weighted by Gasteiger charge is 2.20. The molecule has 2 N–H and O–H groups in total. The number of morpholine rings is 1. The second kappa shape index (κ2) is 8.35. The van der Waals surface area contributed by atoms with Gasteiger partial charge >= 0.3 is 0 Å². The highest BCUT2D eigenvalue weighted by Crippen LogP contribution is 2.27. The van der Waals surface area contributed by atoms with E-state index in [-0.39, 0.29) is 11.7 Å². The molecule has 2 aliphatic heterocycles. The van der Waals surface area contributed by atoms with Crippen molar-refractivity contribution in [3.05, 3.63) is 70.9 Å². The maximum absolute atomic E-state index is 13.9. The molecule has 31 heavy (non-hydrogen) atoms. The first-order valence-corrected chi connectivity index (χ1v) is 10.4. The number of benzene rings is 1. The van der Waals surface area contributed by atoms with Gasteiger partial charge in [-0.15, -0.1) is 0 Å². The van der Waals surface area contributed by atoms with Crippen LogP contribution in [0.2, 0.25) is 0 Å². The molecular formula is C24H23FN4O2. The van der Waals surface area contributed by atoms with Gasteiger partial charge in [0.2, 0.25) is 0 Å². The first-order chi connectivity index (χ1) is 15.2. The van der Waals surface area contributed by atoms with Gasteiger partial charge in [0.25, 0.3) is 5.91 Å². The maximum Gasteiger partial charge on any atom is 0.253 e. The van der Waals surface area contributed by atoms with Crippen molar-refractivity contribution in [3.63, 3.8) is 0 Å². The standard InChI is InChI=1S/C24H23FN4O2/c25-18-3-1-16(23(14-18)29-9-11-31-12-10-29)2-4-19-13-17(5-7-26-19)22-15-20-21(28-22)6-8-27-24(20)30/h1-5,7,13-15,28H,6,8-12H2,(H,27,30). The Morgan fingerprint density at radius 3 is 2.81 bits per heavy atom. The monoisotopic (exact) mass is 418 g/mol. The molecule has 0 bridgehead atoms. The summed E-state index contributed by atoms with van der Waals surface area (Å²) in [6.07, 6.45) is 6.44. The number of fused-ring (bicyclic) bond motifs is 1. The molecule has 7 heteroatoms. The van der Waals surface area contributed by atoms with Crippen LogP contribution in [0, 0.1) is 5.82 Å². The van der Waals surface area contributed by atoms with Crippen LogP contribution in [0.1, 0.15) is 27.3 Å². The number of amides is 1. The Morgan fingerprint density at radius 2 is 1.97 bits per heavy atom. The van der Waals surface area contributed by atoms with Crippen LogP contribution in [-0.4, -0.2) is 48.7 Å². The molecule has 0 atom stereocenters. The molecule has 1 saturated heterocycles. The summed E-state index contributed by atoms with van der Waals surface area (Å²) >= 11 is 0. The van der Waals surface area contributed by atoms with Crippen LogP contribution in [0.5, 0.6) is 0 Å². The van der Waals surface area contributed by atoms with Gasteiger partial charge < -0.3 is 19.9 Å². The van der Waals surface area contributed by atoms with Crippen molar-refractivity contribution in [2.24, 2.45) is 0 Å². The molecule has 1 amide bonds. The summed E-state index contributed by atoms with van der Waals surface area (Å²) in [5.41, 5.74) is 6.11. The summed E-state index contributed by atoms with van der Waals surface area (Å²) in [6.45, 7) is 3.41. The van der Waals surface area contributed by atoms with Crippen molar-refractivity contribution in [2.75, 3.05) is 37.7 Å². The lowest BCUT2D eigenvalue weighted by Gasteiger charge is -2.30. The fourth-order valence-corrected chi connectivity index (χ4v) is 4.07. The number of pyridine rings is 1. The van der Waals surface area contributed by atoms with E-state index in [4.69, 9.17) is 4.74 Å². The van der Waals surface area contributed by atoms with Crippen molar-refractivity contribution >= 4 is 23.7 Å². The number of carbonyl (C=O) groups excluding carboxylic acids is 1. The number of H-pyrrole nitrogens is 1. The van der Waals surface area contributed by atoms with E-state index in [0.717, 1.165) is 53.4 Å². The number of nitrogens with zero attached hydrogens (tertiary/aromatic N) is 2. The molecule has 2 aromatic heterocycles. The largest absolute Gasteiger partial charge is 0.378 e. The quantitative estimate of drug-likeness (QED) is 0.680. The van der Waals surface area contributed by atoms with Gasteiger partial charge in [-0.3, -0.25) is 9.78 Å². The predicted octanol–water partition coefficient (Wildman–Crippen LogP) is 3.51. The van der Waals surface area contributed by atoms with Crippen molar-refractivity contribution in [2.45, 2.75) is 6.42 Å². The zero-order valence-electron chi connectivity index (χ0n) is 17.0. The van der Waals surface area contributed by atoms with Crippen molar-refractivity contribution in [1.82, 2.24) is 15.3 Å². The molecule has 0 unspecified atom stereocenters. The number of halogens is 1. The topological polar surface area (TPSA) is 70.2 Å². The Morgan fingerprint density at radius 1 is 1.10 bits per heavy atom. The second-order valence-electron chi connectivity index (χ2n) is 7.69. The lowest BCUT2D eigenvalue weighted by atomic mass is 10.1. The van der Waals surface area contributed by atoms with Gasteiger partial charge in [-0.25, -0.2) is 4.39 Å². The fraction of sp³-hybridized carbons (Fsp3) is 0.250. The Kier molecular flexibility index (Phi) is 5.26. The van der Waals surface area contributed by atoms with E-state index >= 15 is 0 Å². The van der Waals surface area contributed by atoms with E-state index in [9.17, 15) is 9.18 Å². The summed E-state index contributed by atoms with van der Waals surface area (Å²) in [5, 5.41) is 2.87. The molecule has 4 heterocycles. The zero-order valence-corrected chi connectivity index (χ0v) is 17.0. The molecule has 0 aliphatic carbocycles. The molecule has 1 aromatic carbocycles. The summed E-state index contributed by atoms with van der Waals surface area (Å²) in [4.78, 5) is 22.0. The Bertz CT molecular complexity index is 1150. The van der Waals surface area contributed by atoms with Crippen LogP contribution in [0.15, 0.2) is 42.6 Å². The van der Waals surface area contributed by atoms with Crippen LogP contribution < -0.4 is 10.2 Å². The number of aromatic nitrogens is 2. The smallest absolute Gasteiger partial charge is 0.253 e. The Hall–Kier alpha value is -3.45. The van der Waals surface area contributed by atoms with Crippen molar-refractivity contribution in [3.8, 4) is 11.3 Å². The third-order valence-corrected chi connectivity index (χ3v) is 5.67. The molecule has 0 spiro atoms. The van der Waals surface area contributed by atoms with E-state index < -0.39 is 0 Å². The molecule has 2 aliphatic rings. The minimum Gasteiger partial charge on any atom is -0.378 e. The molecule has 0 saturated carbocycles. The van der Waals surface area contributed by atoms with Gasteiger partial charge in [0.1, 0.15) is 5.82 Å². The molecule has 5 rings (SSSR count). The minimum absolute atomic E-state index is 0.0372. The van der Waals surface area contributed by atoms with Crippen molar-refractivity contribution in [1.29, 1.82) is 0 Å². The number of hydrogen-bond donors (Lipinski definition) is 2. The maximum atomic E-state index is 13.9. The normalized spacial score (nSPS) is 16.4. The van der Waals surface area contributed by atoms with E-state index in [2.05, 4.69) is 20.2 Å². The Labute approximate surface area is 179 Å². The highest BCUT2D eigenvalue weighted by molar-refractivity contribution is 5.97. The highest BCUT2D eigenvalue weighted by atomic mass is 19.1. The van der Waals surface area contributed by atoms with E-state index in [1.54, 1.807) is 18.3 Å². The Balaban J connectivity index is 1.42. The van der Waals surface area contributed by atoms with Crippen LogP contribution in [0.3, 0.4) is 0 Å². The summed E-state index contributed by atoms with van der Waals surface area (Å²) in [6, 6.07) is 10.6. The fourth-order valence-electron chi connectivity index (χ4n) is 4.07. The predicted molar refractivity (Wildman–Crippen MR) is 118 cm³/mol. The third kappa shape index (κ3) is 4.09. The number of ether oxygens (including phenoxy) is 1. The summed E-state index contributed by atoms with van der Waals surface area (Å²) in [7, 11) is 0. The average Bonchev–Trinajstić information content (AvgIpc) is 3.25. The first kappa shape index (κ1) is 19.5. The molecular weight excluding hydrogens is 395 g/mol. The molecule has 158 valence electrons. The first-order valence-electron chi connectivity index (χ1n) is 10.4. The minimum atomic E-state index is -0.251. The number of aromatic amines is 1.